The number of hydrogen-bond acceptors (Lipinski definition) is 6. The summed E-state index contributed by atoms with van der Waals surface area (Å²) in [4.78, 5) is 22.7. The van der Waals surface area contributed by atoms with Gasteiger partial charge in [-0.15, -0.1) is 0 Å². The van der Waals surface area contributed by atoms with Crippen molar-refractivity contribution in [2.45, 2.75) is 25.7 Å². The highest BCUT2D eigenvalue weighted by Gasteiger charge is 2.17. The maximum atomic E-state index is 12.1. The van der Waals surface area contributed by atoms with Crippen molar-refractivity contribution >= 4 is 23.2 Å². The highest BCUT2D eigenvalue weighted by Crippen LogP contribution is 2.27. The number of nitrogens with two attached hydrogens (primary N) is 1. The molecule has 2 aromatic rings. The van der Waals surface area contributed by atoms with Crippen LogP contribution in [0, 0.1) is 0 Å². The van der Waals surface area contributed by atoms with E-state index in [1.54, 1.807) is 12.1 Å². The molecule has 0 saturated carbocycles. The van der Waals surface area contributed by atoms with E-state index in [0.717, 1.165) is 31.7 Å². The van der Waals surface area contributed by atoms with Gasteiger partial charge in [0.25, 0.3) is 5.91 Å². The monoisotopic (exact) mass is 326 g/mol. The normalized spacial score (nSPS) is 14.8. The Morgan fingerprint density at radius 1 is 1.04 bits per heavy atom. The van der Waals surface area contributed by atoms with Crippen LogP contribution in [0.5, 0.6) is 0 Å². The number of amides is 1. The van der Waals surface area contributed by atoms with E-state index < -0.39 is 0 Å². The van der Waals surface area contributed by atoms with Gasteiger partial charge in [0, 0.05) is 18.7 Å². The zero-order chi connectivity index (χ0) is 16.8. The van der Waals surface area contributed by atoms with E-state index in [1.165, 1.54) is 19.2 Å². The number of rotatable bonds is 4. The SMILES string of the molecule is Nc1c(NNC(=O)c2ccccc2)ncnc1N1CCCCCC1. The molecule has 0 bridgehead atoms. The Morgan fingerprint density at radius 3 is 2.46 bits per heavy atom. The van der Waals surface area contributed by atoms with Crippen molar-refractivity contribution in [3.63, 3.8) is 0 Å². The van der Waals surface area contributed by atoms with Gasteiger partial charge in [0.15, 0.2) is 11.6 Å². The van der Waals surface area contributed by atoms with E-state index in [9.17, 15) is 4.79 Å². The Bertz CT molecular complexity index is 683. The summed E-state index contributed by atoms with van der Waals surface area (Å²) in [6.45, 7) is 1.88. The number of hydrogen-bond donors (Lipinski definition) is 3. The summed E-state index contributed by atoms with van der Waals surface area (Å²) in [6, 6.07) is 8.96. The number of nitrogens with one attached hydrogen (secondary N) is 2. The molecule has 1 fully saturated rings. The third-order valence-electron chi connectivity index (χ3n) is 4.10. The van der Waals surface area contributed by atoms with Gasteiger partial charge in [-0.1, -0.05) is 31.0 Å². The van der Waals surface area contributed by atoms with Crippen molar-refractivity contribution in [1.29, 1.82) is 0 Å². The molecule has 24 heavy (non-hydrogen) atoms. The lowest BCUT2D eigenvalue weighted by Gasteiger charge is -2.23. The summed E-state index contributed by atoms with van der Waals surface area (Å²) in [6.07, 6.45) is 6.21. The Balaban J connectivity index is 1.70. The lowest BCUT2D eigenvalue weighted by Crippen LogP contribution is -2.31. The number of carbonyl (C=O) groups excluding carboxylic acids is 1. The van der Waals surface area contributed by atoms with E-state index in [1.807, 2.05) is 18.2 Å². The van der Waals surface area contributed by atoms with Gasteiger partial charge in [0.05, 0.1) is 0 Å². The molecular weight excluding hydrogens is 304 g/mol. The molecule has 0 radical (unpaired) electrons. The van der Waals surface area contributed by atoms with Gasteiger partial charge in [-0.3, -0.25) is 15.6 Å². The minimum Gasteiger partial charge on any atom is -0.393 e. The number of carbonyl (C=O) groups is 1. The first-order valence-electron chi connectivity index (χ1n) is 8.22. The molecule has 1 amide bonds. The third kappa shape index (κ3) is 3.73. The maximum Gasteiger partial charge on any atom is 0.269 e. The van der Waals surface area contributed by atoms with E-state index >= 15 is 0 Å². The van der Waals surface area contributed by atoms with Crippen LogP contribution in [0.3, 0.4) is 0 Å². The Morgan fingerprint density at radius 2 is 1.75 bits per heavy atom. The van der Waals surface area contributed by atoms with Crippen LogP contribution in [0.2, 0.25) is 0 Å². The summed E-state index contributed by atoms with van der Waals surface area (Å²) in [5.74, 6) is 0.891. The molecule has 1 aliphatic heterocycles. The first kappa shape index (κ1) is 16.0. The van der Waals surface area contributed by atoms with Crippen LogP contribution in [0.15, 0.2) is 36.7 Å². The van der Waals surface area contributed by atoms with Gasteiger partial charge in [-0.05, 0) is 25.0 Å². The average molecular weight is 326 g/mol. The number of benzene rings is 1. The fourth-order valence-electron chi connectivity index (χ4n) is 2.80. The zero-order valence-electron chi connectivity index (χ0n) is 13.5. The molecule has 1 aromatic heterocycles. The van der Waals surface area contributed by atoms with E-state index in [0.29, 0.717) is 17.1 Å². The second-order valence-corrected chi connectivity index (χ2v) is 5.81. The van der Waals surface area contributed by atoms with Crippen molar-refractivity contribution < 1.29 is 4.79 Å². The summed E-state index contributed by atoms with van der Waals surface area (Å²) in [5, 5.41) is 0. The number of nitrogens with zero attached hydrogens (tertiary/aromatic N) is 3. The first-order valence-corrected chi connectivity index (χ1v) is 8.22. The summed E-state index contributed by atoms with van der Waals surface area (Å²) >= 11 is 0. The van der Waals surface area contributed by atoms with Crippen LogP contribution in [-0.2, 0) is 0 Å². The third-order valence-corrected chi connectivity index (χ3v) is 4.10. The van der Waals surface area contributed by atoms with Crippen LogP contribution >= 0.6 is 0 Å². The average Bonchev–Trinajstić information content (AvgIpc) is 2.90. The van der Waals surface area contributed by atoms with Crippen LogP contribution in [-0.4, -0.2) is 29.0 Å². The van der Waals surface area contributed by atoms with E-state index in [4.69, 9.17) is 5.73 Å². The zero-order valence-corrected chi connectivity index (χ0v) is 13.5. The standard InChI is InChI=1S/C17H22N6O/c18-14-15(21-22-17(24)13-8-4-3-5-9-13)19-12-20-16(14)23-10-6-1-2-7-11-23/h3-5,8-9,12H,1-2,6-7,10-11,18H2,(H,22,24)(H,19,20,21). The maximum absolute atomic E-state index is 12.1. The number of nitrogen functional groups attached to an aromatic ring is 1. The van der Waals surface area contributed by atoms with Crippen molar-refractivity contribution in [2.24, 2.45) is 0 Å². The Labute approximate surface area is 141 Å². The molecule has 0 aliphatic carbocycles. The summed E-state index contributed by atoms with van der Waals surface area (Å²) in [7, 11) is 0. The fraction of sp³-hybridized carbons (Fsp3) is 0.353. The summed E-state index contributed by atoms with van der Waals surface area (Å²) < 4.78 is 0. The van der Waals surface area contributed by atoms with E-state index in [2.05, 4.69) is 25.7 Å². The Kier molecular flexibility index (Phi) is 5.10. The van der Waals surface area contributed by atoms with Gasteiger partial charge in [0.2, 0.25) is 0 Å². The molecule has 1 saturated heterocycles. The molecule has 2 heterocycles. The highest BCUT2D eigenvalue weighted by atomic mass is 16.2. The molecule has 7 nitrogen and oxygen atoms in total. The molecule has 3 rings (SSSR count). The van der Waals surface area contributed by atoms with Crippen LogP contribution in [0.25, 0.3) is 0 Å². The molecule has 1 aliphatic rings. The summed E-state index contributed by atoms with van der Waals surface area (Å²) in [5.41, 5.74) is 12.6. The first-order chi connectivity index (χ1) is 11.8. The lowest BCUT2D eigenvalue weighted by molar-refractivity contribution is 0.0962. The van der Waals surface area contributed by atoms with Gasteiger partial charge in [0.1, 0.15) is 12.0 Å². The fourth-order valence-corrected chi connectivity index (χ4v) is 2.80. The van der Waals surface area contributed by atoms with Crippen molar-refractivity contribution in [2.75, 3.05) is 29.1 Å². The Hall–Kier alpha value is -2.83. The number of aromatic nitrogens is 2. The number of hydrazine groups is 1. The van der Waals surface area contributed by atoms with Gasteiger partial charge in [-0.25, -0.2) is 9.97 Å². The molecule has 4 N–H and O–H groups in total. The highest BCUT2D eigenvalue weighted by molar-refractivity contribution is 5.95. The topological polar surface area (TPSA) is 96.2 Å². The molecule has 7 heteroatoms. The second kappa shape index (κ2) is 7.63. The molecule has 1 aromatic carbocycles. The van der Waals surface area contributed by atoms with E-state index in [-0.39, 0.29) is 5.91 Å². The molecule has 126 valence electrons. The van der Waals surface area contributed by atoms with Gasteiger partial charge in [-0.2, -0.15) is 0 Å². The van der Waals surface area contributed by atoms with Crippen molar-refractivity contribution in [1.82, 2.24) is 15.4 Å². The van der Waals surface area contributed by atoms with Crippen LogP contribution < -0.4 is 21.5 Å². The molecular formula is C17H22N6O. The minimum absolute atomic E-state index is 0.245. The molecule has 0 atom stereocenters. The van der Waals surface area contributed by atoms with Crippen LogP contribution in [0.1, 0.15) is 36.0 Å². The van der Waals surface area contributed by atoms with Crippen LogP contribution in [0.4, 0.5) is 17.3 Å². The lowest BCUT2D eigenvalue weighted by atomic mass is 10.2. The van der Waals surface area contributed by atoms with Crippen molar-refractivity contribution in [3.8, 4) is 0 Å². The number of anilines is 3. The smallest absolute Gasteiger partial charge is 0.269 e. The predicted octanol–water partition coefficient (Wildman–Crippen LogP) is 2.20. The molecule has 0 spiro atoms. The van der Waals surface area contributed by atoms with Gasteiger partial charge >= 0.3 is 0 Å². The quantitative estimate of drug-likeness (QED) is 0.745. The molecule has 0 unspecified atom stereocenters. The largest absolute Gasteiger partial charge is 0.393 e. The predicted molar refractivity (Wildman–Crippen MR) is 94.7 cm³/mol. The van der Waals surface area contributed by atoms with Crippen molar-refractivity contribution in [3.05, 3.63) is 42.2 Å². The second-order valence-electron chi connectivity index (χ2n) is 5.81. The minimum atomic E-state index is -0.245. The van der Waals surface area contributed by atoms with Gasteiger partial charge < -0.3 is 10.6 Å².